The number of allylic oxidation sites excluding steroid dienone is 2. The Morgan fingerprint density at radius 2 is 2.18 bits per heavy atom. The van der Waals surface area contributed by atoms with Crippen molar-refractivity contribution in [2.24, 2.45) is 23.7 Å². The van der Waals surface area contributed by atoms with E-state index >= 15 is 0 Å². The average Bonchev–Trinajstić information content (AvgIpc) is 2.05. The lowest BCUT2D eigenvalue weighted by molar-refractivity contribution is -0.0448. The molecule has 0 spiro atoms. The molecule has 2 fully saturated rings. The quantitative estimate of drug-likeness (QED) is 0.501. The van der Waals surface area contributed by atoms with Crippen molar-refractivity contribution in [3.63, 3.8) is 0 Å². The molecule has 2 unspecified atom stereocenters. The third-order valence-electron chi connectivity index (χ3n) is 4.49. The molecular weight excluding hydrogens is 132 g/mol. The lowest BCUT2D eigenvalue weighted by Gasteiger charge is -2.65. The first-order valence-electron chi connectivity index (χ1n) is 5.04. The Morgan fingerprint density at radius 3 is 2.64 bits per heavy atom. The molecule has 0 aromatic carbocycles. The molecule has 0 nitrogen and oxygen atoms in total. The van der Waals surface area contributed by atoms with Gasteiger partial charge in [-0.15, -0.1) is 0 Å². The van der Waals surface area contributed by atoms with Crippen molar-refractivity contribution in [1.82, 2.24) is 0 Å². The van der Waals surface area contributed by atoms with E-state index < -0.39 is 0 Å². The molecule has 0 aromatic heterocycles. The maximum absolute atomic E-state index is 2.37. The van der Waals surface area contributed by atoms with E-state index in [4.69, 9.17) is 0 Å². The molecule has 4 aliphatic carbocycles. The zero-order chi connectivity index (χ0) is 7.59. The van der Waals surface area contributed by atoms with Crippen LogP contribution in [0.2, 0.25) is 0 Å². The van der Waals surface area contributed by atoms with Crippen LogP contribution in [-0.2, 0) is 0 Å². The molecule has 0 saturated heterocycles. The van der Waals surface area contributed by atoms with Gasteiger partial charge in [0.25, 0.3) is 0 Å². The smallest absolute Gasteiger partial charge is 0.0101 e. The molecule has 0 heteroatoms. The first-order chi connectivity index (χ1) is 5.34. The minimum atomic E-state index is 1.07. The predicted molar refractivity (Wildman–Crippen MR) is 46.2 cm³/mol. The number of hydrogen-bond acceptors (Lipinski definition) is 0. The second-order valence-electron chi connectivity index (χ2n) is 4.53. The van der Waals surface area contributed by atoms with Gasteiger partial charge in [0, 0.05) is 0 Å². The molecule has 60 valence electrons. The predicted octanol–water partition coefficient (Wildman–Crippen LogP) is 3.00. The minimum absolute atomic E-state index is 1.07. The third-order valence-corrected chi connectivity index (χ3v) is 4.49. The van der Waals surface area contributed by atoms with Crippen molar-refractivity contribution in [2.45, 2.75) is 33.1 Å². The van der Waals surface area contributed by atoms with Crippen LogP contribution in [-0.4, -0.2) is 0 Å². The monoisotopic (exact) mass is 148 g/mol. The van der Waals surface area contributed by atoms with E-state index in [2.05, 4.69) is 13.8 Å². The second kappa shape index (κ2) is 1.73. The summed E-state index contributed by atoms with van der Waals surface area (Å²) in [6, 6.07) is 0. The third kappa shape index (κ3) is 0.483. The zero-order valence-corrected chi connectivity index (χ0v) is 7.43. The highest BCUT2D eigenvalue weighted by Crippen LogP contribution is 2.68. The fraction of sp³-hybridized carbons (Fsp3) is 0.818. The first kappa shape index (κ1) is 6.28. The van der Waals surface area contributed by atoms with Crippen LogP contribution in [0.4, 0.5) is 0 Å². The molecule has 0 amide bonds. The maximum Gasteiger partial charge on any atom is -0.0101 e. The van der Waals surface area contributed by atoms with E-state index in [1.54, 1.807) is 5.57 Å². The summed E-state index contributed by atoms with van der Waals surface area (Å²) < 4.78 is 0. The van der Waals surface area contributed by atoms with Crippen LogP contribution in [0.3, 0.4) is 0 Å². The average molecular weight is 148 g/mol. The highest BCUT2D eigenvalue weighted by molar-refractivity contribution is 5.41. The van der Waals surface area contributed by atoms with Crippen LogP contribution in [0.1, 0.15) is 33.1 Å². The first-order valence-corrected chi connectivity index (χ1v) is 5.04. The van der Waals surface area contributed by atoms with Crippen LogP contribution >= 0.6 is 0 Å². The van der Waals surface area contributed by atoms with Gasteiger partial charge in [0.05, 0.1) is 0 Å². The Hall–Kier alpha value is -0.260. The Morgan fingerprint density at radius 1 is 1.36 bits per heavy atom. The minimum Gasteiger partial charge on any atom is -0.0698 e. The van der Waals surface area contributed by atoms with Crippen molar-refractivity contribution in [2.75, 3.05) is 0 Å². The van der Waals surface area contributed by atoms with E-state index in [-0.39, 0.29) is 0 Å². The molecule has 0 aliphatic heterocycles. The molecule has 0 aromatic rings. The van der Waals surface area contributed by atoms with Gasteiger partial charge in [-0.3, -0.25) is 0 Å². The van der Waals surface area contributed by atoms with Crippen molar-refractivity contribution in [1.29, 1.82) is 0 Å². The number of rotatable bonds is 1. The molecule has 0 heterocycles. The van der Waals surface area contributed by atoms with Crippen molar-refractivity contribution in [3.05, 3.63) is 11.1 Å². The van der Waals surface area contributed by atoms with E-state index in [0.717, 1.165) is 23.7 Å². The largest absolute Gasteiger partial charge is 0.0698 e. The molecule has 4 bridgehead atoms. The van der Waals surface area contributed by atoms with Gasteiger partial charge in [0.1, 0.15) is 0 Å². The Bertz CT molecular complexity index is 236. The van der Waals surface area contributed by atoms with Gasteiger partial charge in [-0.25, -0.2) is 0 Å². The van der Waals surface area contributed by atoms with Gasteiger partial charge in [0.15, 0.2) is 0 Å². The van der Waals surface area contributed by atoms with Crippen LogP contribution in [0.5, 0.6) is 0 Å². The zero-order valence-electron chi connectivity index (χ0n) is 7.43. The van der Waals surface area contributed by atoms with Crippen molar-refractivity contribution >= 4 is 0 Å². The normalized spacial score (nSPS) is 51.8. The summed E-state index contributed by atoms with van der Waals surface area (Å²) in [4.78, 5) is 0. The highest BCUT2D eigenvalue weighted by atomic mass is 14.6. The Labute approximate surface area is 68.7 Å². The van der Waals surface area contributed by atoms with Crippen molar-refractivity contribution < 1.29 is 0 Å². The molecule has 4 atom stereocenters. The molecular formula is C11H16. The summed E-state index contributed by atoms with van der Waals surface area (Å²) in [5, 5.41) is 0. The Balaban J connectivity index is 1.97. The van der Waals surface area contributed by atoms with E-state index in [9.17, 15) is 0 Å². The van der Waals surface area contributed by atoms with Gasteiger partial charge >= 0.3 is 0 Å². The maximum atomic E-state index is 2.37. The van der Waals surface area contributed by atoms with Gasteiger partial charge in [-0.05, 0) is 43.4 Å². The lowest BCUT2D eigenvalue weighted by atomic mass is 9.39. The molecule has 0 N–H and O–H groups in total. The van der Waals surface area contributed by atoms with Crippen LogP contribution < -0.4 is 0 Å². The van der Waals surface area contributed by atoms with Gasteiger partial charge < -0.3 is 0 Å². The Kier molecular flexibility index (Phi) is 0.987. The molecule has 2 saturated carbocycles. The summed E-state index contributed by atoms with van der Waals surface area (Å²) >= 11 is 0. The van der Waals surface area contributed by atoms with E-state index in [1.807, 2.05) is 5.57 Å². The number of hydrogen-bond donors (Lipinski definition) is 0. The summed E-state index contributed by atoms with van der Waals surface area (Å²) in [5.41, 5.74) is 3.65. The fourth-order valence-corrected chi connectivity index (χ4v) is 4.00. The van der Waals surface area contributed by atoms with Crippen LogP contribution in [0.25, 0.3) is 0 Å². The highest BCUT2D eigenvalue weighted by Gasteiger charge is 2.60. The molecule has 0 radical (unpaired) electrons. The summed E-state index contributed by atoms with van der Waals surface area (Å²) in [5.74, 6) is 4.37. The SMILES string of the molecule is CC[C@H]1C2CCC3=C(C)C2[C@H]31. The second-order valence-corrected chi connectivity index (χ2v) is 4.53. The summed E-state index contributed by atoms with van der Waals surface area (Å²) in [6.45, 7) is 4.74. The molecule has 11 heavy (non-hydrogen) atoms. The number of fused-ring (bicyclic) bond motifs is 1. The van der Waals surface area contributed by atoms with E-state index in [0.29, 0.717) is 0 Å². The van der Waals surface area contributed by atoms with Gasteiger partial charge in [-0.2, -0.15) is 0 Å². The van der Waals surface area contributed by atoms with Gasteiger partial charge in [0.2, 0.25) is 0 Å². The van der Waals surface area contributed by atoms with Crippen LogP contribution in [0, 0.1) is 23.7 Å². The van der Waals surface area contributed by atoms with Crippen molar-refractivity contribution in [3.8, 4) is 0 Å². The topological polar surface area (TPSA) is 0 Å². The standard InChI is InChI=1S/C11H16/c1-3-7-9-5-4-8-6(2)10(9)11(7)8/h7,9-11H,3-5H2,1-2H3/t7-,9?,10?,11-/m0/s1. The molecule has 4 rings (SSSR count). The van der Waals surface area contributed by atoms with E-state index in [1.165, 1.54) is 19.3 Å². The van der Waals surface area contributed by atoms with Gasteiger partial charge in [-0.1, -0.05) is 24.5 Å². The van der Waals surface area contributed by atoms with Crippen LogP contribution in [0.15, 0.2) is 11.1 Å². The summed E-state index contributed by atoms with van der Waals surface area (Å²) in [6.07, 6.45) is 4.41. The molecule has 4 aliphatic rings. The summed E-state index contributed by atoms with van der Waals surface area (Å²) in [7, 11) is 0. The fourth-order valence-electron chi connectivity index (χ4n) is 4.00. The lowest BCUT2D eigenvalue weighted by Crippen LogP contribution is -2.57.